The third-order valence-corrected chi connectivity index (χ3v) is 2.59. The molecule has 10 heavy (non-hydrogen) atoms. The number of rotatable bonds is 1. The molecular weight excluding hydrogens is 216 g/mol. The van der Waals surface area contributed by atoms with Gasteiger partial charge in [-0.3, -0.25) is 0 Å². The molecule has 1 rings (SSSR count). The van der Waals surface area contributed by atoms with Gasteiger partial charge in [0, 0.05) is 0 Å². The molecule has 0 aliphatic heterocycles. The van der Waals surface area contributed by atoms with Gasteiger partial charge >= 0.3 is 0 Å². The lowest BCUT2D eigenvalue weighted by atomic mass is 10.2. The highest BCUT2D eigenvalue weighted by Crippen LogP contribution is 2.25. The standard InChI is InChI=1S/C5H7BrN2OS/c1-5(2,9)3-7-8-4(6)10-3/h9H,1-2H3. The van der Waals surface area contributed by atoms with Gasteiger partial charge in [0.2, 0.25) is 0 Å². The Hall–Kier alpha value is -0.0000000000000000833. The van der Waals surface area contributed by atoms with Crippen LogP contribution in [0.15, 0.2) is 3.92 Å². The van der Waals surface area contributed by atoms with Crippen molar-refractivity contribution >= 4 is 27.3 Å². The summed E-state index contributed by atoms with van der Waals surface area (Å²) in [6.07, 6.45) is 0. The van der Waals surface area contributed by atoms with Crippen LogP contribution >= 0.6 is 27.3 Å². The second-order valence-electron chi connectivity index (χ2n) is 2.42. The molecule has 0 saturated carbocycles. The van der Waals surface area contributed by atoms with E-state index < -0.39 is 5.60 Å². The summed E-state index contributed by atoms with van der Waals surface area (Å²) in [6.45, 7) is 3.36. The van der Waals surface area contributed by atoms with Gasteiger partial charge in [0.15, 0.2) is 3.92 Å². The molecule has 0 fully saturated rings. The highest BCUT2D eigenvalue weighted by atomic mass is 79.9. The van der Waals surface area contributed by atoms with Crippen molar-refractivity contribution in [2.75, 3.05) is 0 Å². The van der Waals surface area contributed by atoms with E-state index in [1.54, 1.807) is 13.8 Å². The van der Waals surface area contributed by atoms with E-state index in [2.05, 4.69) is 26.1 Å². The molecule has 0 spiro atoms. The lowest BCUT2D eigenvalue weighted by Crippen LogP contribution is -2.14. The number of halogens is 1. The van der Waals surface area contributed by atoms with E-state index in [9.17, 15) is 5.11 Å². The van der Waals surface area contributed by atoms with Crippen LogP contribution in [-0.4, -0.2) is 15.3 Å². The summed E-state index contributed by atoms with van der Waals surface area (Å²) in [5, 5.41) is 17.5. The maximum absolute atomic E-state index is 9.39. The van der Waals surface area contributed by atoms with Crippen LogP contribution in [0, 0.1) is 0 Å². The zero-order chi connectivity index (χ0) is 7.78. The first-order chi connectivity index (χ1) is 4.50. The van der Waals surface area contributed by atoms with Crippen LogP contribution in [0.25, 0.3) is 0 Å². The Morgan fingerprint density at radius 3 is 2.30 bits per heavy atom. The van der Waals surface area contributed by atoms with Gasteiger partial charge in [0.05, 0.1) is 0 Å². The van der Waals surface area contributed by atoms with Crippen LogP contribution < -0.4 is 0 Å². The zero-order valence-corrected chi connectivity index (χ0v) is 8.03. The average molecular weight is 223 g/mol. The number of hydrogen-bond acceptors (Lipinski definition) is 4. The molecule has 0 atom stereocenters. The summed E-state index contributed by atoms with van der Waals surface area (Å²) in [4.78, 5) is 0. The van der Waals surface area contributed by atoms with E-state index in [0.29, 0.717) is 8.92 Å². The summed E-state index contributed by atoms with van der Waals surface area (Å²) >= 11 is 4.50. The van der Waals surface area contributed by atoms with E-state index in [0.717, 1.165) is 0 Å². The van der Waals surface area contributed by atoms with Crippen LogP contribution in [0.3, 0.4) is 0 Å². The monoisotopic (exact) mass is 222 g/mol. The molecule has 0 unspecified atom stereocenters. The maximum Gasteiger partial charge on any atom is 0.183 e. The van der Waals surface area contributed by atoms with E-state index in [4.69, 9.17) is 0 Å². The van der Waals surface area contributed by atoms with Gasteiger partial charge in [0.25, 0.3) is 0 Å². The fourth-order valence-corrected chi connectivity index (χ4v) is 1.56. The van der Waals surface area contributed by atoms with Crippen molar-refractivity contribution in [1.29, 1.82) is 0 Å². The third kappa shape index (κ3) is 1.74. The Balaban J connectivity index is 2.96. The Morgan fingerprint density at radius 1 is 1.50 bits per heavy atom. The van der Waals surface area contributed by atoms with Crippen molar-refractivity contribution < 1.29 is 5.11 Å². The quantitative estimate of drug-likeness (QED) is 0.785. The molecular formula is C5H7BrN2OS. The van der Waals surface area contributed by atoms with Crippen LogP contribution in [0.2, 0.25) is 0 Å². The SMILES string of the molecule is CC(C)(O)c1nnc(Br)s1. The van der Waals surface area contributed by atoms with Crippen molar-refractivity contribution in [2.45, 2.75) is 19.4 Å². The molecule has 56 valence electrons. The summed E-state index contributed by atoms with van der Waals surface area (Å²) in [6, 6.07) is 0. The maximum atomic E-state index is 9.39. The molecule has 1 heterocycles. The lowest BCUT2D eigenvalue weighted by molar-refractivity contribution is 0.0775. The molecule has 0 aliphatic carbocycles. The molecule has 1 N–H and O–H groups in total. The second kappa shape index (κ2) is 2.56. The molecule has 0 radical (unpaired) electrons. The molecule has 0 saturated heterocycles. The first-order valence-electron chi connectivity index (χ1n) is 2.72. The fraction of sp³-hybridized carbons (Fsp3) is 0.600. The number of aromatic nitrogens is 2. The van der Waals surface area contributed by atoms with Crippen LogP contribution in [0.4, 0.5) is 0 Å². The van der Waals surface area contributed by atoms with Gasteiger partial charge in [-0.1, -0.05) is 11.3 Å². The van der Waals surface area contributed by atoms with Gasteiger partial charge < -0.3 is 5.11 Å². The molecule has 0 aliphatic rings. The molecule has 1 aromatic heterocycles. The van der Waals surface area contributed by atoms with Crippen molar-refractivity contribution in [3.8, 4) is 0 Å². The van der Waals surface area contributed by atoms with Gasteiger partial charge in [-0.25, -0.2) is 0 Å². The van der Waals surface area contributed by atoms with Gasteiger partial charge in [-0.05, 0) is 29.8 Å². The Morgan fingerprint density at radius 2 is 2.10 bits per heavy atom. The predicted octanol–water partition coefficient (Wildman–Crippen LogP) is 1.53. The molecule has 0 aromatic carbocycles. The van der Waals surface area contributed by atoms with Crippen molar-refractivity contribution in [3.05, 3.63) is 8.92 Å². The van der Waals surface area contributed by atoms with Crippen molar-refractivity contribution in [1.82, 2.24) is 10.2 Å². The highest BCUT2D eigenvalue weighted by Gasteiger charge is 2.20. The largest absolute Gasteiger partial charge is 0.383 e. The summed E-state index contributed by atoms with van der Waals surface area (Å²) in [7, 11) is 0. The highest BCUT2D eigenvalue weighted by molar-refractivity contribution is 9.11. The molecule has 5 heteroatoms. The Kier molecular flexibility index (Phi) is 2.07. The first-order valence-corrected chi connectivity index (χ1v) is 4.33. The normalized spacial score (nSPS) is 12.0. The fourth-order valence-electron chi connectivity index (χ4n) is 0.453. The number of nitrogens with zero attached hydrogens (tertiary/aromatic N) is 2. The van der Waals surface area contributed by atoms with Gasteiger partial charge in [-0.2, -0.15) is 0 Å². The minimum Gasteiger partial charge on any atom is -0.383 e. The van der Waals surface area contributed by atoms with Crippen molar-refractivity contribution in [2.24, 2.45) is 0 Å². The van der Waals surface area contributed by atoms with E-state index >= 15 is 0 Å². The molecule has 1 aromatic rings. The van der Waals surface area contributed by atoms with E-state index in [1.807, 2.05) is 0 Å². The van der Waals surface area contributed by atoms with Crippen molar-refractivity contribution in [3.63, 3.8) is 0 Å². The third-order valence-electron chi connectivity index (χ3n) is 0.924. The molecule has 3 nitrogen and oxygen atoms in total. The van der Waals surface area contributed by atoms with Crippen LogP contribution in [0.5, 0.6) is 0 Å². The summed E-state index contributed by atoms with van der Waals surface area (Å²) < 4.78 is 0.699. The van der Waals surface area contributed by atoms with Gasteiger partial charge in [0.1, 0.15) is 10.6 Å². The average Bonchev–Trinajstić information content (AvgIpc) is 2.11. The zero-order valence-electron chi connectivity index (χ0n) is 5.63. The van der Waals surface area contributed by atoms with Crippen LogP contribution in [0.1, 0.15) is 18.9 Å². The molecule has 0 bridgehead atoms. The Labute approximate surface area is 71.2 Å². The van der Waals surface area contributed by atoms with Crippen LogP contribution in [-0.2, 0) is 5.60 Å². The Bertz CT molecular complexity index is 230. The predicted molar refractivity (Wildman–Crippen MR) is 42.9 cm³/mol. The number of hydrogen-bond donors (Lipinski definition) is 1. The minimum absolute atomic E-state index is 0.624. The summed E-state index contributed by atoms with van der Waals surface area (Å²) in [5.41, 5.74) is -0.871. The first kappa shape index (κ1) is 8.10. The molecule has 0 amide bonds. The van der Waals surface area contributed by atoms with E-state index in [-0.39, 0.29) is 0 Å². The summed E-state index contributed by atoms with van der Waals surface area (Å²) in [5.74, 6) is 0. The second-order valence-corrected chi connectivity index (χ2v) is 4.67. The topological polar surface area (TPSA) is 46.0 Å². The number of aliphatic hydroxyl groups is 1. The lowest BCUT2D eigenvalue weighted by Gasteiger charge is -2.10. The van der Waals surface area contributed by atoms with Gasteiger partial charge in [-0.15, -0.1) is 10.2 Å². The smallest absolute Gasteiger partial charge is 0.183 e. The minimum atomic E-state index is -0.871. The van der Waals surface area contributed by atoms with E-state index in [1.165, 1.54) is 11.3 Å².